The topological polar surface area (TPSA) is 103 Å². The molecule has 0 aliphatic carbocycles. The molecule has 9 nitrogen and oxygen atoms in total. The summed E-state index contributed by atoms with van der Waals surface area (Å²) in [4.78, 5) is 29.6. The lowest BCUT2D eigenvalue weighted by atomic mass is 10.2. The van der Waals surface area contributed by atoms with Crippen LogP contribution in [0.3, 0.4) is 0 Å². The molecule has 4 heterocycles. The summed E-state index contributed by atoms with van der Waals surface area (Å²) < 4.78 is 47.7. The molecule has 32 heavy (non-hydrogen) atoms. The maximum absolute atomic E-state index is 13.7. The predicted octanol–water partition coefficient (Wildman–Crippen LogP) is 3.64. The van der Waals surface area contributed by atoms with Gasteiger partial charge in [0, 0.05) is 13.1 Å². The number of amides is 1. The third kappa shape index (κ3) is 3.93. The zero-order valence-corrected chi connectivity index (χ0v) is 17.5. The van der Waals surface area contributed by atoms with E-state index in [0.29, 0.717) is 9.39 Å². The Kier molecular flexibility index (Phi) is 5.42. The molecule has 0 aliphatic heterocycles. The second kappa shape index (κ2) is 8.07. The van der Waals surface area contributed by atoms with E-state index in [1.807, 2.05) is 0 Å². The number of esters is 1. The quantitative estimate of drug-likeness (QED) is 0.453. The zero-order valence-electron chi connectivity index (χ0n) is 16.7. The standard InChI is InChI=1S/C19H15F3N6O3S/c1-3-31-18(30)10-9-23-27(2)16(10)25-17(29)12-8-15-24-11(13-5-4-6-32-13)7-14(19(20,21)22)28(15)26-12/h4-9H,3H2,1-2H3,(H,25,29). The smallest absolute Gasteiger partial charge is 0.433 e. The highest BCUT2D eigenvalue weighted by atomic mass is 32.1. The van der Waals surface area contributed by atoms with Crippen molar-refractivity contribution in [3.8, 4) is 10.6 Å². The number of thiophene rings is 1. The molecule has 13 heteroatoms. The maximum atomic E-state index is 13.7. The van der Waals surface area contributed by atoms with E-state index < -0.39 is 23.7 Å². The largest absolute Gasteiger partial charge is 0.462 e. The van der Waals surface area contributed by atoms with Crippen LogP contribution in [0.2, 0.25) is 0 Å². The fraction of sp³-hybridized carbons (Fsp3) is 0.211. The number of aromatic nitrogens is 5. The van der Waals surface area contributed by atoms with Crippen molar-refractivity contribution in [2.75, 3.05) is 11.9 Å². The Labute approximate surface area is 182 Å². The first-order valence-electron chi connectivity index (χ1n) is 9.21. The highest BCUT2D eigenvalue weighted by Crippen LogP contribution is 2.33. The van der Waals surface area contributed by atoms with Gasteiger partial charge in [-0.1, -0.05) is 6.07 Å². The Balaban J connectivity index is 1.74. The molecule has 0 aromatic carbocycles. The number of fused-ring (bicyclic) bond motifs is 1. The SMILES string of the molecule is CCOC(=O)c1cnn(C)c1NC(=O)c1cc2nc(-c3cccs3)cc(C(F)(F)F)n2n1. The van der Waals surface area contributed by atoms with Gasteiger partial charge >= 0.3 is 12.1 Å². The van der Waals surface area contributed by atoms with Crippen LogP contribution in [-0.2, 0) is 18.0 Å². The number of ether oxygens (including phenoxy) is 1. The van der Waals surface area contributed by atoms with Crippen LogP contribution in [0.1, 0.15) is 33.5 Å². The molecule has 0 atom stereocenters. The molecule has 0 spiro atoms. The summed E-state index contributed by atoms with van der Waals surface area (Å²) in [6, 6.07) is 5.37. The molecule has 1 amide bonds. The molecule has 4 rings (SSSR count). The molecule has 0 fully saturated rings. The van der Waals surface area contributed by atoms with Crippen LogP contribution in [0.5, 0.6) is 0 Å². The van der Waals surface area contributed by atoms with Crippen molar-refractivity contribution in [3.63, 3.8) is 0 Å². The predicted molar refractivity (Wildman–Crippen MR) is 108 cm³/mol. The molecule has 1 N–H and O–H groups in total. The molecule has 0 radical (unpaired) electrons. The van der Waals surface area contributed by atoms with E-state index in [-0.39, 0.29) is 35.0 Å². The fourth-order valence-corrected chi connectivity index (χ4v) is 3.64. The lowest BCUT2D eigenvalue weighted by Crippen LogP contribution is -2.18. The van der Waals surface area contributed by atoms with Crippen LogP contribution in [0.15, 0.2) is 35.8 Å². The monoisotopic (exact) mass is 464 g/mol. The summed E-state index contributed by atoms with van der Waals surface area (Å²) in [5.74, 6) is -1.52. The van der Waals surface area contributed by atoms with Crippen LogP contribution >= 0.6 is 11.3 Å². The lowest BCUT2D eigenvalue weighted by Gasteiger charge is -2.10. The lowest BCUT2D eigenvalue weighted by molar-refractivity contribution is -0.142. The first kappa shape index (κ1) is 21.5. The molecule has 0 saturated heterocycles. The van der Waals surface area contributed by atoms with E-state index in [1.54, 1.807) is 24.4 Å². The van der Waals surface area contributed by atoms with Gasteiger partial charge in [0.1, 0.15) is 11.4 Å². The van der Waals surface area contributed by atoms with Gasteiger partial charge in [-0.05, 0) is 24.4 Å². The summed E-state index contributed by atoms with van der Waals surface area (Å²) in [6.07, 6.45) is -3.51. The number of halogens is 3. The first-order chi connectivity index (χ1) is 15.2. The Hall–Kier alpha value is -3.74. The fourth-order valence-electron chi connectivity index (χ4n) is 2.95. The van der Waals surface area contributed by atoms with Crippen molar-refractivity contribution >= 4 is 34.7 Å². The highest BCUT2D eigenvalue weighted by Gasteiger charge is 2.36. The van der Waals surface area contributed by atoms with Crippen molar-refractivity contribution in [2.24, 2.45) is 7.05 Å². The van der Waals surface area contributed by atoms with Crippen molar-refractivity contribution in [1.82, 2.24) is 24.4 Å². The Bertz CT molecular complexity index is 1310. The van der Waals surface area contributed by atoms with E-state index in [1.165, 1.54) is 29.3 Å². The van der Waals surface area contributed by atoms with Gasteiger partial charge in [0.15, 0.2) is 17.0 Å². The molecule has 4 aromatic rings. The van der Waals surface area contributed by atoms with Crippen LogP contribution < -0.4 is 5.32 Å². The van der Waals surface area contributed by atoms with Crippen molar-refractivity contribution < 1.29 is 27.5 Å². The number of anilines is 1. The Morgan fingerprint density at radius 2 is 2.06 bits per heavy atom. The summed E-state index contributed by atoms with van der Waals surface area (Å²) in [5, 5.41) is 11.9. The van der Waals surface area contributed by atoms with Gasteiger partial charge < -0.3 is 10.1 Å². The minimum atomic E-state index is -4.73. The summed E-state index contributed by atoms with van der Waals surface area (Å²) >= 11 is 1.24. The van der Waals surface area contributed by atoms with E-state index in [9.17, 15) is 22.8 Å². The summed E-state index contributed by atoms with van der Waals surface area (Å²) in [7, 11) is 1.48. The van der Waals surface area contributed by atoms with Gasteiger partial charge in [-0.3, -0.25) is 9.48 Å². The van der Waals surface area contributed by atoms with Gasteiger partial charge in [0.25, 0.3) is 5.91 Å². The van der Waals surface area contributed by atoms with E-state index in [4.69, 9.17) is 4.74 Å². The van der Waals surface area contributed by atoms with Crippen molar-refractivity contribution in [3.05, 3.63) is 52.8 Å². The van der Waals surface area contributed by atoms with Gasteiger partial charge in [-0.15, -0.1) is 11.3 Å². The zero-order chi connectivity index (χ0) is 23.0. The van der Waals surface area contributed by atoms with E-state index >= 15 is 0 Å². The number of nitrogens with one attached hydrogen (secondary N) is 1. The van der Waals surface area contributed by atoms with Gasteiger partial charge in [0.2, 0.25) is 0 Å². The number of aryl methyl sites for hydroxylation is 1. The minimum absolute atomic E-state index is 0.000511. The molecular weight excluding hydrogens is 449 g/mol. The van der Waals surface area contributed by atoms with Gasteiger partial charge in [0.05, 0.1) is 23.4 Å². The molecule has 166 valence electrons. The van der Waals surface area contributed by atoms with Gasteiger partial charge in [-0.25, -0.2) is 14.3 Å². The molecule has 4 aromatic heterocycles. The number of carbonyl (C=O) groups excluding carboxylic acids is 2. The first-order valence-corrected chi connectivity index (χ1v) is 10.1. The van der Waals surface area contributed by atoms with Crippen LogP contribution in [0, 0.1) is 0 Å². The molecule has 0 aliphatic rings. The minimum Gasteiger partial charge on any atom is -0.462 e. The van der Waals surface area contributed by atoms with Crippen LogP contribution in [0.4, 0.5) is 19.0 Å². The average molecular weight is 464 g/mol. The highest BCUT2D eigenvalue weighted by molar-refractivity contribution is 7.13. The summed E-state index contributed by atoms with van der Waals surface area (Å²) in [5.41, 5.74) is -1.42. The Morgan fingerprint density at radius 1 is 1.28 bits per heavy atom. The second-order valence-electron chi connectivity index (χ2n) is 6.51. The number of hydrogen-bond donors (Lipinski definition) is 1. The number of carbonyl (C=O) groups is 2. The van der Waals surface area contributed by atoms with Crippen LogP contribution in [-0.4, -0.2) is 42.9 Å². The van der Waals surface area contributed by atoms with E-state index in [2.05, 4.69) is 20.5 Å². The number of hydrogen-bond acceptors (Lipinski definition) is 7. The molecule has 0 bridgehead atoms. The van der Waals surface area contributed by atoms with Crippen molar-refractivity contribution in [2.45, 2.75) is 13.1 Å². The average Bonchev–Trinajstić information content (AvgIpc) is 3.46. The van der Waals surface area contributed by atoms with E-state index in [0.717, 1.165) is 12.1 Å². The van der Waals surface area contributed by atoms with Crippen LogP contribution in [0.25, 0.3) is 16.2 Å². The molecule has 0 unspecified atom stereocenters. The number of alkyl halides is 3. The number of nitrogens with zero attached hydrogens (tertiary/aromatic N) is 5. The third-order valence-corrected chi connectivity index (χ3v) is 5.28. The van der Waals surface area contributed by atoms with Crippen molar-refractivity contribution in [1.29, 1.82) is 0 Å². The Morgan fingerprint density at radius 3 is 2.72 bits per heavy atom. The second-order valence-corrected chi connectivity index (χ2v) is 7.45. The normalized spacial score (nSPS) is 11.7. The third-order valence-electron chi connectivity index (χ3n) is 4.39. The summed E-state index contributed by atoms with van der Waals surface area (Å²) in [6.45, 7) is 1.74. The van der Waals surface area contributed by atoms with Gasteiger partial charge in [-0.2, -0.15) is 23.4 Å². The molecular formula is C19H15F3N6O3S. The number of rotatable bonds is 5. The maximum Gasteiger partial charge on any atom is 0.433 e. The molecule has 0 saturated carbocycles.